The Morgan fingerprint density at radius 2 is 1.09 bits per heavy atom. The number of aromatic amines is 2. The lowest BCUT2D eigenvalue weighted by molar-refractivity contribution is -0.126. The number of carbonyl (C=O) groups excluding carboxylic acids is 3. The van der Waals surface area contributed by atoms with E-state index in [9.17, 15) is 22.8 Å². The number of rotatable bonds is 0. The zero-order valence-corrected chi connectivity index (χ0v) is 61.8. The molecule has 0 spiro atoms. The first-order chi connectivity index (χ1) is 47.7. The number of nitrogens with one attached hydrogen (secondary N) is 4. The van der Waals surface area contributed by atoms with Gasteiger partial charge in [0.25, 0.3) is 21.8 Å². The average molecular weight is 1360 g/mol. The quantitative estimate of drug-likeness (QED) is 0.104. The van der Waals surface area contributed by atoms with Crippen LogP contribution < -0.4 is 10.0 Å². The predicted molar refractivity (Wildman–Crippen MR) is 403 cm³/mol. The summed E-state index contributed by atoms with van der Waals surface area (Å²) in [6.45, 7) is 33.7. The summed E-state index contributed by atoms with van der Waals surface area (Å²) in [4.78, 5) is 36.3. The van der Waals surface area contributed by atoms with Gasteiger partial charge in [0.05, 0.1) is 16.3 Å². The van der Waals surface area contributed by atoms with Crippen LogP contribution in [0.15, 0.2) is 163 Å². The van der Waals surface area contributed by atoms with E-state index in [1.54, 1.807) is 44.8 Å². The van der Waals surface area contributed by atoms with Crippen LogP contribution in [0.4, 0.5) is 16.2 Å². The monoisotopic (exact) mass is 1360 g/mol. The number of benzene rings is 6. The van der Waals surface area contributed by atoms with E-state index in [1.807, 2.05) is 236 Å². The van der Waals surface area contributed by atoms with Crippen molar-refractivity contribution in [3.63, 3.8) is 0 Å². The van der Waals surface area contributed by atoms with Gasteiger partial charge in [0.2, 0.25) is 0 Å². The van der Waals surface area contributed by atoms with Gasteiger partial charge in [-0.3, -0.25) is 42.9 Å². The van der Waals surface area contributed by atoms with Gasteiger partial charge in [0.15, 0.2) is 11.3 Å². The van der Waals surface area contributed by atoms with Crippen LogP contribution >= 0.6 is 0 Å². The zero-order chi connectivity index (χ0) is 73.0. The molecule has 1 saturated heterocycles. The Kier molecular flexibility index (Phi) is 27.3. The minimum atomic E-state index is -3.31. The molecule has 522 valence electrons. The molecular weight excluding hydrogens is 1270 g/mol. The van der Waals surface area contributed by atoms with Gasteiger partial charge in [-0.25, -0.2) is 22.4 Å². The molecule has 1 unspecified atom stereocenters. The normalized spacial score (nSPS) is 13.1. The molecule has 1 atom stereocenters. The van der Waals surface area contributed by atoms with Crippen molar-refractivity contribution >= 4 is 106 Å². The number of imide groups is 1. The largest absolute Gasteiger partial charge is 0.326 e. The number of anilines is 2. The van der Waals surface area contributed by atoms with Gasteiger partial charge < -0.3 is 10.2 Å². The molecule has 4 N–H and O–H groups in total. The summed E-state index contributed by atoms with van der Waals surface area (Å²) in [5.41, 5.74) is 13.9. The Morgan fingerprint density at radius 1 is 0.535 bits per heavy atom. The fraction of sp³-hybridized carbons (Fsp3) is 0.293. The summed E-state index contributed by atoms with van der Waals surface area (Å²) in [5.74, 6) is 1.71. The number of H-pyrrole nitrogens is 2. The molecule has 0 radical (unpaired) electrons. The van der Waals surface area contributed by atoms with E-state index in [2.05, 4.69) is 106 Å². The number of fused-ring (bicyclic) bond motifs is 4. The van der Waals surface area contributed by atoms with Crippen LogP contribution in [-0.4, -0.2) is 124 Å². The number of hydrogen-bond donors (Lipinski definition) is 4. The molecule has 1 fully saturated rings. The summed E-state index contributed by atoms with van der Waals surface area (Å²) in [6, 6.07) is 42.8. The molecule has 4 amide bonds. The first-order valence-electron chi connectivity index (χ1n) is 33.5. The summed E-state index contributed by atoms with van der Waals surface area (Å²) in [5, 5.41) is 39.9. The van der Waals surface area contributed by atoms with Gasteiger partial charge in [-0.1, -0.05) is 166 Å². The highest BCUT2D eigenvalue weighted by Gasteiger charge is 2.37. The fourth-order valence-electron chi connectivity index (χ4n) is 10.8. The van der Waals surface area contributed by atoms with E-state index in [0.717, 1.165) is 83.3 Å². The van der Waals surface area contributed by atoms with E-state index >= 15 is 0 Å². The van der Waals surface area contributed by atoms with Crippen molar-refractivity contribution in [1.29, 1.82) is 0 Å². The van der Waals surface area contributed by atoms with Crippen molar-refractivity contribution in [1.82, 2.24) is 77.8 Å². The summed E-state index contributed by atoms with van der Waals surface area (Å²) in [7, 11) is 3.67. The van der Waals surface area contributed by atoms with Crippen molar-refractivity contribution in [3.8, 4) is 0 Å². The average Bonchev–Trinajstić information content (AvgIpc) is 1.62. The van der Waals surface area contributed by atoms with E-state index in [1.165, 1.54) is 45.0 Å². The van der Waals surface area contributed by atoms with Crippen LogP contribution in [0.25, 0.3) is 67.1 Å². The van der Waals surface area contributed by atoms with Crippen LogP contribution in [0.1, 0.15) is 132 Å². The van der Waals surface area contributed by atoms with Crippen LogP contribution in [0.3, 0.4) is 0 Å². The third kappa shape index (κ3) is 16.8. The number of nitrogens with zero attached hydrogens (tertiary/aromatic N) is 14. The Morgan fingerprint density at radius 3 is 1.65 bits per heavy atom. The maximum atomic E-state index is 11.6. The molecule has 1 aliphatic carbocycles. The molecule has 24 heteroatoms. The van der Waals surface area contributed by atoms with Crippen LogP contribution in [0.2, 0.25) is 0 Å². The first-order valence-corrected chi connectivity index (χ1v) is 34.9. The minimum Gasteiger partial charge on any atom is -0.321 e. The number of amides is 4. The van der Waals surface area contributed by atoms with Gasteiger partial charge in [-0.2, -0.15) is 24.9 Å². The van der Waals surface area contributed by atoms with Crippen molar-refractivity contribution in [2.75, 3.05) is 24.1 Å². The molecule has 0 saturated carbocycles. The maximum Gasteiger partial charge on any atom is 0.326 e. The topological polar surface area (TPSA) is 252 Å². The van der Waals surface area contributed by atoms with E-state index < -0.39 is 10.0 Å². The fourth-order valence-corrected chi connectivity index (χ4v) is 12.1. The molecule has 4 aliphatic rings. The Bertz CT molecular complexity index is 5030. The maximum absolute atomic E-state index is 11.6. The highest BCUT2D eigenvalue weighted by Crippen LogP contribution is 2.37. The number of aromatic nitrogens is 14. The third-order valence-corrected chi connectivity index (χ3v) is 17.3. The standard InChI is InChI=1S/C12H8.C11H7NO.C10H7NO2S.C8H12N4.C7H10N4.C6H7N3.C6H10N2O2.C5H5N3.5C2H6/c1-3-9-4-2-6-11-8-7-10(5-1)12(9)11;13-11-8-5-1-3-7-4-2-6-9(12-11)10(7)8;12-14(13)9-6-2-4-7-3-1-5-8(11-14)10(7)9;1-5-6(2)9-12-7(3)10-11(4)8(5)12;1-4-5(2)10-11-6(3)8-9-7(4)11;1-8-6-3-2-4-9(6)5-7-8;1-4-5(9)8(3)6(10)7(4)2;1-2-5-7-6-4-8(5)3-1;5*1-2/h1-8H;1-6H,(H,12,13);1-6,11H;1-4H3;10H,1-3H3;2-5H,1H3;4H,1-3H3;1-4,7H;5*1-2H3. The Hall–Kier alpha value is -11.1. The number of hydrogen-bond acceptors (Lipinski definition) is 11. The second kappa shape index (κ2) is 35.2. The van der Waals surface area contributed by atoms with Gasteiger partial charge >= 0.3 is 6.03 Å². The van der Waals surface area contributed by atoms with E-state index in [-0.39, 0.29) is 23.9 Å². The molecule has 18 rings (SSSR count). The number of urea groups is 1. The first kappa shape index (κ1) is 76.9. The Labute approximate surface area is 580 Å². The second-order valence-electron chi connectivity index (χ2n) is 21.6. The highest BCUT2D eigenvalue weighted by molar-refractivity contribution is 7.93. The number of sulfonamides is 1. The van der Waals surface area contributed by atoms with Crippen molar-refractivity contribution in [3.05, 3.63) is 209 Å². The molecule has 8 aromatic heterocycles. The van der Waals surface area contributed by atoms with E-state index in [4.69, 9.17) is 0 Å². The van der Waals surface area contributed by atoms with Crippen LogP contribution in [-0.2, 0) is 28.9 Å². The van der Waals surface area contributed by atoms with Gasteiger partial charge in [-0.15, -0.1) is 10.2 Å². The van der Waals surface area contributed by atoms with Crippen molar-refractivity contribution in [2.24, 2.45) is 14.1 Å². The molecule has 0 bridgehead atoms. The highest BCUT2D eigenvalue weighted by atomic mass is 32.2. The second-order valence-corrected chi connectivity index (χ2v) is 23.2. The molecule has 23 nitrogen and oxygen atoms in total. The number of aryl methyl sites for hydroxylation is 8. The molecular formula is C75H96N18O5S. The van der Waals surface area contributed by atoms with Crippen molar-refractivity contribution < 1.29 is 22.8 Å². The number of carbonyl (C=O) groups is 3. The molecule has 11 heterocycles. The molecule has 99 heavy (non-hydrogen) atoms. The van der Waals surface area contributed by atoms with Crippen LogP contribution in [0, 0.1) is 41.5 Å². The predicted octanol–water partition coefficient (Wildman–Crippen LogP) is 16.0. The minimum absolute atomic E-state index is 0.00630. The smallest absolute Gasteiger partial charge is 0.321 e. The lowest BCUT2D eigenvalue weighted by Crippen LogP contribution is -2.28. The molecule has 3 aliphatic heterocycles. The third-order valence-electron chi connectivity index (χ3n) is 15.9. The van der Waals surface area contributed by atoms with Gasteiger partial charge in [0.1, 0.15) is 41.6 Å². The van der Waals surface area contributed by atoms with E-state index in [0.29, 0.717) is 10.6 Å². The lowest BCUT2D eigenvalue weighted by atomic mass is 10.0. The SMILES string of the molecule is C1=Cc2cccc3cccc1c23.CC.CC.CC.CC.CC.CC1C(=O)N(C)C(=O)N1C.Cc1[nH]n2c(C)nnc2c1C.Cc1nn2c(C)nn(C)c2c1C.Cn1ncn2cccc12.O=C1Nc2cccc3cccc1c23.O=S1(=O)Nc2cccc3cccc1c23.c1cc2[nH]ncn2c1. The Balaban J connectivity index is 0.000000176. The van der Waals surface area contributed by atoms with Crippen LogP contribution in [0.5, 0.6) is 0 Å². The zero-order valence-electron chi connectivity index (χ0n) is 61.0. The van der Waals surface area contributed by atoms with Crippen molar-refractivity contribution in [2.45, 2.75) is 129 Å². The summed E-state index contributed by atoms with van der Waals surface area (Å²) in [6.07, 6.45) is 11.8. The molecule has 6 aromatic carbocycles. The van der Waals surface area contributed by atoms with Gasteiger partial charge in [0, 0.05) is 79.4 Å². The summed E-state index contributed by atoms with van der Waals surface area (Å²) < 4.78 is 37.1. The summed E-state index contributed by atoms with van der Waals surface area (Å²) >= 11 is 0. The molecule has 14 aromatic rings. The number of likely N-dealkylation sites (N-methyl/N-ethyl adjacent to an activating group) is 2. The van der Waals surface area contributed by atoms with Gasteiger partial charge in [-0.05, 0) is 130 Å². The lowest BCUT2D eigenvalue weighted by Gasteiger charge is -2.09.